The van der Waals surface area contributed by atoms with Gasteiger partial charge in [-0.05, 0) is 107 Å². The molecule has 0 radical (unpaired) electrons. The van der Waals surface area contributed by atoms with E-state index >= 15 is 0 Å². The van der Waals surface area contributed by atoms with Gasteiger partial charge in [0.25, 0.3) is 0 Å². The molecule has 2 aliphatic carbocycles. The molecule has 8 aromatic rings. The lowest BCUT2D eigenvalue weighted by molar-refractivity contribution is 0.473. The first kappa shape index (κ1) is 27.7. The molecule has 1 heterocycles. The maximum Gasteiger partial charge on any atom is 0.136 e. The van der Waals surface area contributed by atoms with E-state index < -0.39 is 0 Å². The van der Waals surface area contributed by atoms with Gasteiger partial charge in [0, 0.05) is 16.2 Å². The zero-order chi connectivity index (χ0) is 32.4. The monoisotopic (exact) mass is 616 g/mol. The maximum absolute atomic E-state index is 6.35. The van der Waals surface area contributed by atoms with Crippen LogP contribution in [0.5, 0.6) is 0 Å². The van der Waals surface area contributed by atoms with Crippen molar-refractivity contribution >= 4 is 59.8 Å². The molecule has 1 nitrogen and oxygen atoms in total. The summed E-state index contributed by atoms with van der Waals surface area (Å²) in [5, 5.41) is 10.0. The normalized spacial score (nSPS) is 16.4. The molecule has 0 amide bonds. The molecule has 0 unspecified atom stereocenters. The van der Waals surface area contributed by atoms with Crippen molar-refractivity contribution in [3.05, 3.63) is 150 Å². The average Bonchev–Trinajstić information content (AvgIpc) is 3.58. The average molecular weight is 617 g/mol. The van der Waals surface area contributed by atoms with Crippen molar-refractivity contribution in [2.45, 2.75) is 39.5 Å². The highest BCUT2D eigenvalue weighted by Crippen LogP contribution is 2.56. The minimum absolute atomic E-state index is 0.0425. The van der Waals surface area contributed by atoms with Gasteiger partial charge in [0.15, 0.2) is 0 Å². The topological polar surface area (TPSA) is 13.1 Å². The van der Waals surface area contributed by atoms with Crippen LogP contribution in [0.15, 0.2) is 143 Å². The summed E-state index contributed by atoms with van der Waals surface area (Å²) in [6.45, 7) is 9.54. The summed E-state index contributed by atoms with van der Waals surface area (Å²) in [6.07, 6.45) is 6.10. The molecule has 0 fully saturated rings. The third-order valence-corrected chi connectivity index (χ3v) is 11.2. The first-order chi connectivity index (χ1) is 23.3. The standard InChI is InChI=1S/C47H36O/c1-46(2)25-24-31-36-23-20-28-26-29(21-22-30(28)45(36)47(3,4)39(31)27-46)42-32-12-5-7-14-34(32)43(35-15-8-6-13-33(35)42)38-17-11-19-41-44(38)37-16-9-10-18-40(37)48-41/h5-24,26-27H,25H2,1-4H3. The lowest BCUT2D eigenvalue weighted by atomic mass is 9.73. The van der Waals surface area contributed by atoms with Crippen LogP contribution in [-0.4, -0.2) is 0 Å². The number of furan rings is 1. The van der Waals surface area contributed by atoms with Gasteiger partial charge < -0.3 is 4.42 Å². The third-order valence-electron chi connectivity index (χ3n) is 11.2. The number of hydrogen-bond donors (Lipinski definition) is 0. The number of benzene rings is 7. The van der Waals surface area contributed by atoms with Crippen LogP contribution in [0.4, 0.5) is 0 Å². The zero-order valence-electron chi connectivity index (χ0n) is 27.8. The van der Waals surface area contributed by atoms with Gasteiger partial charge >= 0.3 is 0 Å². The van der Waals surface area contributed by atoms with E-state index in [2.05, 4.69) is 155 Å². The first-order valence-electron chi connectivity index (χ1n) is 17.2. The summed E-state index contributed by atoms with van der Waals surface area (Å²) in [7, 11) is 0. The second-order valence-corrected chi connectivity index (χ2v) is 15.0. The summed E-state index contributed by atoms with van der Waals surface area (Å²) in [5.41, 5.74) is 12.8. The van der Waals surface area contributed by atoms with Gasteiger partial charge in [-0.3, -0.25) is 0 Å². The quantitative estimate of drug-likeness (QED) is 0.176. The summed E-state index contributed by atoms with van der Waals surface area (Å²) in [4.78, 5) is 0. The largest absolute Gasteiger partial charge is 0.456 e. The Morgan fingerprint density at radius 2 is 1.19 bits per heavy atom. The van der Waals surface area contributed by atoms with Gasteiger partial charge in [-0.15, -0.1) is 0 Å². The number of para-hydroxylation sites is 1. The Balaban J connectivity index is 1.24. The molecule has 10 rings (SSSR count). The molecular weight excluding hydrogens is 581 g/mol. The summed E-state index contributed by atoms with van der Waals surface area (Å²) in [5.74, 6) is 0. The molecule has 0 saturated carbocycles. The van der Waals surface area contributed by atoms with Gasteiger partial charge in [-0.2, -0.15) is 0 Å². The van der Waals surface area contributed by atoms with Crippen LogP contribution in [-0.2, 0) is 5.41 Å². The van der Waals surface area contributed by atoms with Crippen LogP contribution in [0.1, 0.15) is 45.2 Å². The van der Waals surface area contributed by atoms with Crippen molar-refractivity contribution in [1.29, 1.82) is 0 Å². The fourth-order valence-electron chi connectivity index (χ4n) is 9.00. The van der Waals surface area contributed by atoms with Gasteiger partial charge in [0.05, 0.1) is 0 Å². The fourth-order valence-corrected chi connectivity index (χ4v) is 9.00. The highest BCUT2D eigenvalue weighted by molar-refractivity contribution is 6.25. The van der Waals surface area contributed by atoms with Crippen molar-refractivity contribution < 1.29 is 4.42 Å². The molecule has 48 heavy (non-hydrogen) atoms. The molecule has 0 N–H and O–H groups in total. The molecule has 0 bridgehead atoms. The van der Waals surface area contributed by atoms with E-state index in [1.165, 1.54) is 82.2 Å². The van der Waals surface area contributed by atoms with Crippen LogP contribution in [0.3, 0.4) is 0 Å². The summed E-state index contributed by atoms with van der Waals surface area (Å²) >= 11 is 0. The van der Waals surface area contributed by atoms with Crippen molar-refractivity contribution in [2.24, 2.45) is 5.41 Å². The predicted molar refractivity (Wildman–Crippen MR) is 205 cm³/mol. The second kappa shape index (κ2) is 9.58. The third kappa shape index (κ3) is 3.73. The molecule has 230 valence electrons. The molecule has 1 heteroatoms. The van der Waals surface area contributed by atoms with E-state index in [9.17, 15) is 0 Å². The molecule has 1 aromatic heterocycles. The van der Waals surface area contributed by atoms with E-state index in [0.717, 1.165) is 23.0 Å². The fraction of sp³-hybridized carbons (Fsp3) is 0.149. The van der Waals surface area contributed by atoms with Gasteiger partial charge in [-0.1, -0.05) is 143 Å². The van der Waals surface area contributed by atoms with Crippen LogP contribution >= 0.6 is 0 Å². The van der Waals surface area contributed by atoms with E-state index in [0.29, 0.717) is 0 Å². The number of rotatable bonds is 2. The molecule has 0 spiro atoms. The summed E-state index contributed by atoms with van der Waals surface area (Å²) < 4.78 is 6.35. The first-order valence-corrected chi connectivity index (χ1v) is 17.2. The second-order valence-electron chi connectivity index (χ2n) is 15.0. The highest BCUT2D eigenvalue weighted by Gasteiger charge is 2.42. The van der Waals surface area contributed by atoms with Gasteiger partial charge in [0.2, 0.25) is 0 Å². The number of hydrogen-bond acceptors (Lipinski definition) is 1. The molecule has 0 aliphatic heterocycles. The summed E-state index contributed by atoms with van der Waals surface area (Å²) in [6, 6.07) is 44.7. The van der Waals surface area contributed by atoms with Crippen LogP contribution in [0.25, 0.3) is 82.1 Å². The van der Waals surface area contributed by atoms with Crippen molar-refractivity contribution in [3.63, 3.8) is 0 Å². The predicted octanol–water partition coefficient (Wildman–Crippen LogP) is 13.4. The Morgan fingerprint density at radius 1 is 0.542 bits per heavy atom. The smallest absolute Gasteiger partial charge is 0.136 e. The van der Waals surface area contributed by atoms with E-state index in [1.54, 1.807) is 0 Å². The van der Waals surface area contributed by atoms with Crippen LogP contribution in [0, 0.1) is 5.41 Å². The lowest BCUT2D eigenvalue weighted by Gasteiger charge is -2.30. The highest BCUT2D eigenvalue weighted by atomic mass is 16.3. The van der Waals surface area contributed by atoms with Crippen molar-refractivity contribution in [2.75, 3.05) is 0 Å². The Labute approximate surface area is 280 Å². The van der Waals surface area contributed by atoms with Crippen LogP contribution in [0.2, 0.25) is 0 Å². The van der Waals surface area contributed by atoms with Crippen LogP contribution < -0.4 is 0 Å². The molecule has 0 atom stereocenters. The van der Waals surface area contributed by atoms with E-state index in [-0.39, 0.29) is 10.8 Å². The molecule has 2 aliphatic rings. The zero-order valence-corrected chi connectivity index (χ0v) is 27.8. The Bertz CT molecular complexity index is 2690. The molecular formula is C47H36O. The van der Waals surface area contributed by atoms with E-state index in [4.69, 9.17) is 4.42 Å². The SMILES string of the molecule is CC1(C)C=C2C(=CC1)c1ccc3cc(-c4c5ccccc5c(-c5cccc6oc7ccccc7c56)c5ccccc45)ccc3c1C2(C)C. The Hall–Kier alpha value is -5.40. The van der Waals surface area contributed by atoms with Crippen molar-refractivity contribution in [1.82, 2.24) is 0 Å². The van der Waals surface area contributed by atoms with Gasteiger partial charge in [-0.25, -0.2) is 0 Å². The number of fused-ring (bicyclic) bond motifs is 10. The minimum Gasteiger partial charge on any atom is -0.456 e. The maximum atomic E-state index is 6.35. The van der Waals surface area contributed by atoms with Crippen molar-refractivity contribution in [3.8, 4) is 22.3 Å². The lowest BCUT2D eigenvalue weighted by Crippen LogP contribution is -2.20. The van der Waals surface area contributed by atoms with Gasteiger partial charge in [0.1, 0.15) is 11.2 Å². The minimum atomic E-state index is -0.0425. The Morgan fingerprint density at radius 3 is 1.92 bits per heavy atom. The Kier molecular flexibility index (Phi) is 5.53. The molecule has 7 aromatic carbocycles. The molecule has 0 saturated heterocycles. The van der Waals surface area contributed by atoms with E-state index in [1.807, 2.05) is 6.07 Å². The number of allylic oxidation sites excluding steroid dienone is 4.